The molecule has 1 fully saturated rings. The zero-order chi connectivity index (χ0) is 12.7. The Morgan fingerprint density at radius 2 is 2.06 bits per heavy atom. The van der Waals surface area contributed by atoms with Crippen LogP contribution in [0.25, 0.3) is 0 Å². The van der Waals surface area contributed by atoms with Crippen LogP contribution in [0.2, 0.25) is 0 Å². The van der Waals surface area contributed by atoms with E-state index in [0.717, 1.165) is 43.9 Å². The Labute approximate surface area is 112 Å². The molecule has 0 bridgehead atoms. The first kappa shape index (κ1) is 15.0. The molecule has 0 aliphatic heterocycles. The number of alkyl halides is 1. The van der Waals surface area contributed by atoms with E-state index in [-0.39, 0.29) is 5.91 Å². The van der Waals surface area contributed by atoms with Gasteiger partial charge in [-0.05, 0) is 44.4 Å². The van der Waals surface area contributed by atoms with Crippen LogP contribution < -0.4 is 5.32 Å². The number of nitrogens with one attached hydrogen (secondary N) is 1. The molecule has 0 aromatic heterocycles. The van der Waals surface area contributed by atoms with Crippen LogP contribution in [0.15, 0.2) is 0 Å². The molecule has 1 aliphatic rings. The van der Waals surface area contributed by atoms with Gasteiger partial charge in [0.05, 0.1) is 5.60 Å². The van der Waals surface area contributed by atoms with E-state index in [1.165, 1.54) is 0 Å². The normalized spacial score (nSPS) is 29.0. The van der Waals surface area contributed by atoms with Crippen molar-refractivity contribution in [1.29, 1.82) is 0 Å². The largest absolute Gasteiger partial charge is 0.388 e. The zero-order valence-corrected chi connectivity index (χ0v) is 12.3. The number of aliphatic hydroxyl groups is 1. The highest BCUT2D eigenvalue weighted by molar-refractivity contribution is 9.09. The number of amides is 1. The van der Waals surface area contributed by atoms with Gasteiger partial charge in [-0.3, -0.25) is 4.79 Å². The molecule has 100 valence electrons. The van der Waals surface area contributed by atoms with Gasteiger partial charge in [-0.15, -0.1) is 0 Å². The maximum Gasteiger partial charge on any atom is 0.220 e. The van der Waals surface area contributed by atoms with Crippen molar-refractivity contribution in [3.8, 4) is 0 Å². The molecule has 0 radical (unpaired) electrons. The molecule has 0 aromatic rings. The van der Waals surface area contributed by atoms with E-state index in [9.17, 15) is 9.90 Å². The molecule has 0 aromatic carbocycles. The summed E-state index contributed by atoms with van der Waals surface area (Å²) in [6.45, 7) is 2.64. The molecule has 2 N–H and O–H groups in total. The molecule has 0 atom stereocenters. The van der Waals surface area contributed by atoms with Gasteiger partial charge in [0.1, 0.15) is 0 Å². The average Bonchev–Trinajstić information content (AvgIpc) is 2.32. The van der Waals surface area contributed by atoms with Crippen molar-refractivity contribution in [3.63, 3.8) is 0 Å². The van der Waals surface area contributed by atoms with Crippen molar-refractivity contribution in [2.24, 2.45) is 5.92 Å². The lowest BCUT2D eigenvalue weighted by Crippen LogP contribution is -2.45. The minimum atomic E-state index is -0.655. The van der Waals surface area contributed by atoms with Crippen LogP contribution in [0.4, 0.5) is 0 Å². The lowest BCUT2D eigenvalue weighted by molar-refractivity contribution is -0.123. The zero-order valence-electron chi connectivity index (χ0n) is 10.7. The number of unbranched alkanes of at least 4 members (excludes halogenated alkanes) is 1. The Morgan fingerprint density at radius 1 is 1.41 bits per heavy atom. The van der Waals surface area contributed by atoms with Crippen LogP contribution in [0, 0.1) is 5.92 Å². The summed E-state index contributed by atoms with van der Waals surface area (Å²) in [5, 5.41) is 14.1. The number of halogens is 1. The summed E-state index contributed by atoms with van der Waals surface area (Å²) in [5.41, 5.74) is -0.655. The molecular weight excluding hydrogens is 282 g/mol. The monoisotopic (exact) mass is 305 g/mol. The molecule has 1 amide bonds. The summed E-state index contributed by atoms with van der Waals surface area (Å²) >= 11 is 3.34. The summed E-state index contributed by atoms with van der Waals surface area (Å²) in [5.74, 6) is 0.780. The third-order valence-electron chi connectivity index (χ3n) is 3.61. The highest BCUT2D eigenvalue weighted by Gasteiger charge is 2.31. The maximum atomic E-state index is 11.5. The fourth-order valence-electron chi connectivity index (χ4n) is 2.21. The fraction of sp³-hybridized carbons (Fsp3) is 0.923. The first-order valence-electron chi connectivity index (χ1n) is 6.61. The van der Waals surface area contributed by atoms with Gasteiger partial charge < -0.3 is 10.4 Å². The van der Waals surface area contributed by atoms with E-state index in [1.54, 1.807) is 0 Å². The Morgan fingerprint density at radius 3 is 2.65 bits per heavy atom. The molecule has 0 spiro atoms. The Bertz CT molecular complexity index is 238. The molecule has 1 saturated carbocycles. The smallest absolute Gasteiger partial charge is 0.220 e. The SMILES string of the molecule is CC1CCC(O)(CNC(=O)CCCCBr)CC1. The standard InChI is InChI=1S/C13H24BrNO2/c1-11-5-7-13(17,8-6-11)10-15-12(16)4-2-3-9-14/h11,17H,2-10H2,1H3,(H,15,16). The highest BCUT2D eigenvalue weighted by atomic mass is 79.9. The quantitative estimate of drug-likeness (QED) is 0.585. The molecule has 17 heavy (non-hydrogen) atoms. The molecule has 1 aliphatic carbocycles. The average molecular weight is 306 g/mol. The van der Waals surface area contributed by atoms with E-state index >= 15 is 0 Å². The third-order valence-corrected chi connectivity index (χ3v) is 4.17. The molecule has 0 unspecified atom stereocenters. The first-order valence-corrected chi connectivity index (χ1v) is 7.73. The van der Waals surface area contributed by atoms with Crippen molar-refractivity contribution in [3.05, 3.63) is 0 Å². The van der Waals surface area contributed by atoms with Gasteiger partial charge in [0.15, 0.2) is 0 Å². The van der Waals surface area contributed by atoms with Crippen molar-refractivity contribution in [2.45, 2.75) is 57.5 Å². The topological polar surface area (TPSA) is 49.3 Å². The molecule has 0 heterocycles. The Hall–Kier alpha value is -0.0900. The van der Waals surface area contributed by atoms with Gasteiger partial charge in [-0.1, -0.05) is 22.9 Å². The van der Waals surface area contributed by atoms with Gasteiger partial charge in [0.25, 0.3) is 0 Å². The number of carbonyl (C=O) groups is 1. The summed E-state index contributed by atoms with van der Waals surface area (Å²) < 4.78 is 0. The van der Waals surface area contributed by atoms with E-state index in [1.807, 2.05) is 0 Å². The lowest BCUT2D eigenvalue weighted by Gasteiger charge is -2.34. The molecule has 4 heteroatoms. The Balaban J connectivity index is 2.18. The summed E-state index contributed by atoms with van der Waals surface area (Å²) in [4.78, 5) is 11.5. The second-order valence-corrected chi connectivity index (χ2v) is 6.12. The number of carbonyl (C=O) groups excluding carboxylic acids is 1. The second kappa shape index (κ2) is 7.37. The van der Waals surface area contributed by atoms with E-state index in [4.69, 9.17) is 0 Å². The van der Waals surface area contributed by atoms with E-state index < -0.39 is 5.60 Å². The van der Waals surface area contributed by atoms with Crippen LogP contribution in [0.3, 0.4) is 0 Å². The fourth-order valence-corrected chi connectivity index (χ4v) is 2.60. The van der Waals surface area contributed by atoms with Crippen molar-refractivity contribution in [1.82, 2.24) is 5.32 Å². The van der Waals surface area contributed by atoms with Gasteiger partial charge in [-0.2, -0.15) is 0 Å². The highest BCUT2D eigenvalue weighted by Crippen LogP contribution is 2.31. The number of hydrogen-bond acceptors (Lipinski definition) is 2. The van der Waals surface area contributed by atoms with Crippen LogP contribution in [0.5, 0.6) is 0 Å². The molecule has 0 saturated heterocycles. The van der Waals surface area contributed by atoms with Gasteiger partial charge >= 0.3 is 0 Å². The van der Waals surface area contributed by atoms with Crippen LogP contribution in [-0.2, 0) is 4.79 Å². The van der Waals surface area contributed by atoms with Crippen molar-refractivity contribution >= 4 is 21.8 Å². The lowest BCUT2D eigenvalue weighted by atomic mass is 9.79. The van der Waals surface area contributed by atoms with Gasteiger partial charge in [0, 0.05) is 18.3 Å². The predicted octanol–water partition coefficient (Wildman–Crippen LogP) is 2.61. The minimum absolute atomic E-state index is 0.0676. The van der Waals surface area contributed by atoms with Crippen LogP contribution >= 0.6 is 15.9 Å². The molecular formula is C13H24BrNO2. The summed E-state index contributed by atoms with van der Waals surface area (Å²) in [7, 11) is 0. The van der Waals surface area contributed by atoms with Crippen LogP contribution in [-0.4, -0.2) is 28.5 Å². The van der Waals surface area contributed by atoms with Gasteiger partial charge in [0.2, 0.25) is 5.91 Å². The van der Waals surface area contributed by atoms with Crippen molar-refractivity contribution < 1.29 is 9.90 Å². The van der Waals surface area contributed by atoms with Crippen LogP contribution in [0.1, 0.15) is 51.9 Å². The maximum absolute atomic E-state index is 11.5. The molecule has 1 rings (SSSR count). The second-order valence-electron chi connectivity index (χ2n) is 5.33. The first-order chi connectivity index (χ1) is 8.06. The van der Waals surface area contributed by atoms with E-state index in [2.05, 4.69) is 28.2 Å². The third kappa shape index (κ3) is 5.87. The minimum Gasteiger partial charge on any atom is -0.388 e. The van der Waals surface area contributed by atoms with E-state index in [0.29, 0.717) is 18.9 Å². The summed E-state index contributed by atoms with van der Waals surface area (Å²) in [6, 6.07) is 0. The Kier molecular flexibility index (Phi) is 6.49. The number of hydrogen-bond donors (Lipinski definition) is 2. The number of rotatable bonds is 6. The van der Waals surface area contributed by atoms with Crippen molar-refractivity contribution in [2.75, 3.05) is 11.9 Å². The van der Waals surface area contributed by atoms with Gasteiger partial charge in [-0.25, -0.2) is 0 Å². The predicted molar refractivity (Wildman–Crippen MR) is 73.2 cm³/mol. The molecule has 3 nitrogen and oxygen atoms in total. The summed E-state index contributed by atoms with van der Waals surface area (Å²) in [6.07, 6.45) is 6.26.